The third kappa shape index (κ3) is 3.84. The van der Waals surface area contributed by atoms with E-state index in [1.807, 2.05) is 36.5 Å². The smallest absolute Gasteiger partial charge is 0.254 e. The first-order valence-electron chi connectivity index (χ1n) is 8.92. The molecule has 3 rings (SSSR count). The van der Waals surface area contributed by atoms with Gasteiger partial charge in [-0.2, -0.15) is 9.50 Å². The molecule has 1 aliphatic heterocycles. The van der Waals surface area contributed by atoms with Crippen molar-refractivity contribution in [3.63, 3.8) is 0 Å². The average Bonchev–Trinajstić information content (AvgIpc) is 2.95. The Morgan fingerprint density at radius 2 is 1.79 bits per heavy atom. The molecule has 0 saturated carbocycles. The molecule has 0 amide bonds. The predicted molar refractivity (Wildman–Crippen MR) is 96.5 cm³/mol. The van der Waals surface area contributed by atoms with Crippen LogP contribution in [0.1, 0.15) is 31.3 Å². The molecule has 0 radical (unpaired) electrons. The maximum absolute atomic E-state index is 4.68. The Bertz CT molecular complexity index is 671. The summed E-state index contributed by atoms with van der Waals surface area (Å²) < 4.78 is 1.85. The number of anilines is 1. The van der Waals surface area contributed by atoms with Gasteiger partial charge in [-0.05, 0) is 19.9 Å². The summed E-state index contributed by atoms with van der Waals surface area (Å²) in [6.45, 7) is 10.8. The second-order valence-electron chi connectivity index (χ2n) is 6.86. The van der Waals surface area contributed by atoms with Crippen LogP contribution >= 0.6 is 0 Å². The van der Waals surface area contributed by atoms with Crippen molar-refractivity contribution in [3.05, 3.63) is 17.6 Å². The average molecular weight is 331 g/mol. The Morgan fingerprint density at radius 1 is 1.08 bits per heavy atom. The molecule has 7 heteroatoms. The molecule has 0 spiro atoms. The zero-order valence-corrected chi connectivity index (χ0v) is 15.4. The van der Waals surface area contributed by atoms with Gasteiger partial charge >= 0.3 is 0 Å². The molecule has 2 aromatic heterocycles. The largest absolute Gasteiger partial charge is 0.363 e. The molecule has 1 saturated heterocycles. The molecule has 132 valence electrons. The van der Waals surface area contributed by atoms with Crippen LogP contribution in [0.3, 0.4) is 0 Å². The molecule has 0 aromatic carbocycles. The molecule has 24 heavy (non-hydrogen) atoms. The normalized spacial score (nSPS) is 16.8. The highest BCUT2D eigenvalue weighted by molar-refractivity contribution is 5.46. The van der Waals surface area contributed by atoms with Crippen molar-refractivity contribution >= 4 is 11.6 Å². The number of aryl methyl sites for hydroxylation is 1. The zero-order valence-electron chi connectivity index (χ0n) is 15.4. The van der Waals surface area contributed by atoms with Crippen molar-refractivity contribution in [3.8, 4) is 0 Å². The quantitative estimate of drug-likeness (QED) is 0.798. The summed E-state index contributed by atoms with van der Waals surface area (Å²) in [6.07, 6.45) is 2.57. The minimum Gasteiger partial charge on any atom is -0.363 e. The van der Waals surface area contributed by atoms with E-state index < -0.39 is 0 Å². The number of unbranched alkanes of at least 4 members (excludes halogenated alkanes) is 1. The second kappa shape index (κ2) is 7.44. The summed E-state index contributed by atoms with van der Waals surface area (Å²) in [5.41, 5.74) is 0.967. The highest BCUT2D eigenvalue weighted by Gasteiger charge is 2.19. The fourth-order valence-electron chi connectivity index (χ4n) is 3.15. The standard InChI is InChI=1S/C17H29N7/c1-5-6-7-22-8-10-23(11-9-22)13-15-19-17-18-14(2)12-16(21(3)4)24(17)20-15/h12H,5-11,13H2,1-4H3. The van der Waals surface area contributed by atoms with E-state index in [4.69, 9.17) is 0 Å². The SMILES string of the molecule is CCCCN1CCN(Cc2nc3nc(C)cc(N(C)C)n3n2)CC1. The van der Waals surface area contributed by atoms with Gasteiger partial charge in [0.1, 0.15) is 5.82 Å². The Hall–Kier alpha value is -1.73. The van der Waals surface area contributed by atoms with Crippen LogP contribution in [0.15, 0.2) is 6.07 Å². The van der Waals surface area contributed by atoms with Gasteiger partial charge in [0.2, 0.25) is 0 Å². The van der Waals surface area contributed by atoms with Gasteiger partial charge in [0.25, 0.3) is 5.78 Å². The number of hydrogen-bond acceptors (Lipinski definition) is 6. The first-order valence-corrected chi connectivity index (χ1v) is 8.92. The van der Waals surface area contributed by atoms with Crippen LogP contribution < -0.4 is 4.90 Å². The van der Waals surface area contributed by atoms with E-state index in [0.29, 0.717) is 5.78 Å². The molecule has 3 heterocycles. The fourth-order valence-corrected chi connectivity index (χ4v) is 3.15. The van der Waals surface area contributed by atoms with Crippen LogP contribution in [0, 0.1) is 6.92 Å². The highest BCUT2D eigenvalue weighted by atomic mass is 15.4. The second-order valence-corrected chi connectivity index (χ2v) is 6.86. The number of fused-ring (bicyclic) bond motifs is 1. The van der Waals surface area contributed by atoms with Crippen LogP contribution in [0.25, 0.3) is 5.78 Å². The minimum atomic E-state index is 0.690. The Morgan fingerprint density at radius 3 is 2.46 bits per heavy atom. The number of rotatable bonds is 6. The van der Waals surface area contributed by atoms with E-state index in [2.05, 4.69) is 31.8 Å². The first-order chi connectivity index (χ1) is 11.6. The van der Waals surface area contributed by atoms with Crippen molar-refractivity contribution in [2.24, 2.45) is 0 Å². The molecule has 0 N–H and O–H groups in total. The predicted octanol–water partition coefficient (Wildman–Crippen LogP) is 1.42. The van der Waals surface area contributed by atoms with Crippen molar-refractivity contribution in [2.75, 3.05) is 51.7 Å². The lowest BCUT2D eigenvalue weighted by molar-refractivity contribution is 0.124. The van der Waals surface area contributed by atoms with Crippen LogP contribution in [0.5, 0.6) is 0 Å². The fraction of sp³-hybridized carbons (Fsp3) is 0.706. The van der Waals surface area contributed by atoms with Crippen LogP contribution in [-0.4, -0.2) is 76.2 Å². The monoisotopic (exact) mass is 331 g/mol. The molecule has 1 fully saturated rings. The number of nitrogens with zero attached hydrogens (tertiary/aromatic N) is 7. The van der Waals surface area contributed by atoms with E-state index in [0.717, 1.165) is 50.1 Å². The summed E-state index contributed by atoms with van der Waals surface area (Å²) in [6, 6.07) is 2.04. The topological polar surface area (TPSA) is 52.8 Å². The van der Waals surface area contributed by atoms with Crippen LogP contribution in [0.4, 0.5) is 5.82 Å². The Labute approximate surface area is 144 Å². The lowest BCUT2D eigenvalue weighted by Gasteiger charge is -2.34. The van der Waals surface area contributed by atoms with Crippen molar-refractivity contribution in [1.29, 1.82) is 0 Å². The van der Waals surface area contributed by atoms with Gasteiger partial charge in [0.05, 0.1) is 6.54 Å². The summed E-state index contributed by atoms with van der Waals surface area (Å²) in [7, 11) is 4.04. The maximum atomic E-state index is 4.68. The molecule has 1 aliphatic rings. The van der Waals surface area contributed by atoms with Crippen molar-refractivity contribution in [1.82, 2.24) is 29.4 Å². The molecule has 7 nitrogen and oxygen atoms in total. The van der Waals surface area contributed by atoms with Crippen molar-refractivity contribution in [2.45, 2.75) is 33.2 Å². The zero-order chi connectivity index (χ0) is 17.1. The third-order valence-electron chi connectivity index (χ3n) is 4.58. The van der Waals surface area contributed by atoms with Gasteiger partial charge in [-0.1, -0.05) is 13.3 Å². The summed E-state index contributed by atoms with van der Waals surface area (Å²) in [5, 5.41) is 4.68. The van der Waals surface area contributed by atoms with E-state index in [9.17, 15) is 0 Å². The molecule has 0 unspecified atom stereocenters. The maximum Gasteiger partial charge on any atom is 0.254 e. The summed E-state index contributed by atoms with van der Waals surface area (Å²) in [5.74, 6) is 2.56. The molecule has 0 atom stereocenters. The van der Waals surface area contributed by atoms with Crippen molar-refractivity contribution < 1.29 is 0 Å². The van der Waals surface area contributed by atoms with Crippen LogP contribution in [-0.2, 0) is 6.54 Å². The van der Waals surface area contributed by atoms with Gasteiger partial charge in [0.15, 0.2) is 5.82 Å². The van der Waals surface area contributed by atoms with E-state index >= 15 is 0 Å². The van der Waals surface area contributed by atoms with Crippen LogP contribution in [0.2, 0.25) is 0 Å². The number of piperazine rings is 1. The summed E-state index contributed by atoms with van der Waals surface area (Å²) in [4.78, 5) is 16.2. The van der Waals surface area contributed by atoms with Gasteiger partial charge < -0.3 is 9.80 Å². The van der Waals surface area contributed by atoms with Gasteiger partial charge in [-0.25, -0.2) is 4.98 Å². The number of aromatic nitrogens is 4. The minimum absolute atomic E-state index is 0.690. The Balaban J connectivity index is 1.67. The molecule has 2 aromatic rings. The molecular weight excluding hydrogens is 302 g/mol. The number of hydrogen-bond donors (Lipinski definition) is 0. The highest BCUT2D eigenvalue weighted by Crippen LogP contribution is 2.15. The third-order valence-corrected chi connectivity index (χ3v) is 4.58. The van der Waals surface area contributed by atoms with Gasteiger partial charge in [-0.3, -0.25) is 4.90 Å². The molecular formula is C17H29N7. The lowest BCUT2D eigenvalue weighted by atomic mass is 10.2. The molecule has 0 bridgehead atoms. The Kier molecular flexibility index (Phi) is 5.30. The van der Waals surface area contributed by atoms with E-state index in [1.165, 1.54) is 19.4 Å². The lowest BCUT2D eigenvalue weighted by Crippen LogP contribution is -2.46. The van der Waals surface area contributed by atoms with E-state index in [-0.39, 0.29) is 0 Å². The first kappa shape index (κ1) is 17.1. The van der Waals surface area contributed by atoms with Gasteiger partial charge in [0, 0.05) is 52.0 Å². The van der Waals surface area contributed by atoms with E-state index in [1.54, 1.807) is 0 Å². The molecule has 0 aliphatic carbocycles. The summed E-state index contributed by atoms with van der Waals surface area (Å²) >= 11 is 0. The van der Waals surface area contributed by atoms with Gasteiger partial charge in [-0.15, -0.1) is 5.10 Å².